The molecule has 0 aromatic rings. The number of hydrogen-bond acceptors (Lipinski definition) is 3. The molecule has 0 aromatic carbocycles. The molecule has 1 fully saturated rings. The maximum atomic E-state index is 5.04. The Kier molecular flexibility index (Phi) is 3.83. The van der Waals surface area contributed by atoms with Crippen LogP contribution in [0.15, 0.2) is 0 Å². The second kappa shape index (κ2) is 4.70. The normalized spacial score (nSPS) is 26.2. The average molecular weight is 158 g/mol. The van der Waals surface area contributed by atoms with E-state index in [0.29, 0.717) is 12.6 Å². The molecule has 1 aliphatic rings. The zero-order valence-corrected chi connectivity index (χ0v) is 7.25. The molecule has 0 bridgehead atoms. The van der Waals surface area contributed by atoms with E-state index in [2.05, 4.69) is 16.7 Å². The van der Waals surface area contributed by atoms with Gasteiger partial charge in [0.1, 0.15) is 0 Å². The van der Waals surface area contributed by atoms with Gasteiger partial charge >= 0.3 is 0 Å². The van der Waals surface area contributed by atoms with E-state index in [0.717, 1.165) is 0 Å². The molecule has 1 aliphatic heterocycles. The predicted molar refractivity (Wildman–Crippen MR) is 45.0 cm³/mol. The van der Waals surface area contributed by atoms with E-state index in [9.17, 15) is 0 Å². The van der Waals surface area contributed by atoms with Crippen LogP contribution < -0.4 is 5.90 Å². The van der Waals surface area contributed by atoms with E-state index in [1.807, 2.05) is 0 Å². The Bertz CT molecular complexity index is 96.3. The van der Waals surface area contributed by atoms with E-state index in [1.165, 1.54) is 32.4 Å². The molecule has 1 unspecified atom stereocenters. The van der Waals surface area contributed by atoms with Crippen LogP contribution in [0.25, 0.3) is 0 Å². The molecule has 3 nitrogen and oxygen atoms in total. The molecular formula is C8H18N2O. The van der Waals surface area contributed by atoms with E-state index < -0.39 is 0 Å². The van der Waals surface area contributed by atoms with Crippen molar-refractivity contribution in [2.75, 3.05) is 19.7 Å². The molecule has 0 radical (unpaired) electrons. The van der Waals surface area contributed by atoms with Crippen LogP contribution in [0.5, 0.6) is 0 Å². The molecule has 1 saturated heterocycles. The van der Waals surface area contributed by atoms with Crippen molar-refractivity contribution >= 4 is 0 Å². The quantitative estimate of drug-likeness (QED) is 0.614. The van der Waals surface area contributed by atoms with Gasteiger partial charge < -0.3 is 4.84 Å². The summed E-state index contributed by atoms with van der Waals surface area (Å²) < 4.78 is 0. The average Bonchev–Trinajstić information content (AvgIpc) is 2.39. The van der Waals surface area contributed by atoms with Gasteiger partial charge in [0.25, 0.3) is 0 Å². The maximum absolute atomic E-state index is 5.04. The number of likely N-dealkylation sites (tertiary alicyclic amines) is 1. The van der Waals surface area contributed by atoms with Gasteiger partial charge in [-0.15, -0.1) is 0 Å². The van der Waals surface area contributed by atoms with Gasteiger partial charge in [0.2, 0.25) is 0 Å². The molecule has 1 heterocycles. The summed E-state index contributed by atoms with van der Waals surface area (Å²) in [5.41, 5.74) is 0. The molecule has 0 aromatic heterocycles. The molecular weight excluding hydrogens is 140 g/mol. The molecule has 3 heteroatoms. The van der Waals surface area contributed by atoms with Gasteiger partial charge in [0.05, 0.1) is 6.61 Å². The fraction of sp³-hybridized carbons (Fsp3) is 1.00. The van der Waals surface area contributed by atoms with Crippen molar-refractivity contribution in [2.45, 2.75) is 32.2 Å². The smallest absolute Gasteiger partial charge is 0.0834 e. The molecule has 0 saturated carbocycles. The first-order valence-corrected chi connectivity index (χ1v) is 4.44. The number of rotatable bonds is 4. The Labute approximate surface area is 68.5 Å². The number of nitrogens with zero attached hydrogens (tertiary/aromatic N) is 1. The number of nitrogens with two attached hydrogens (primary N) is 1. The molecule has 11 heavy (non-hydrogen) atoms. The van der Waals surface area contributed by atoms with Gasteiger partial charge in [0, 0.05) is 6.04 Å². The van der Waals surface area contributed by atoms with Crippen molar-refractivity contribution in [1.82, 2.24) is 4.90 Å². The summed E-state index contributed by atoms with van der Waals surface area (Å²) in [6.45, 7) is 5.31. The highest BCUT2D eigenvalue weighted by atomic mass is 16.6. The van der Waals surface area contributed by atoms with E-state index in [1.54, 1.807) is 0 Å². The minimum Gasteiger partial charge on any atom is -0.303 e. The van der Waals surface area contributed by atoms with Gasteiger partial charge in [0.15, 0.2) is 0 Å². The van der Waals surface area contributed by atoms with Crippen LogP contribution in [-0.2, 0) is 4.84 Å². The summed E-state index contributed by atoms with van der Waals surface area (Å²) in [5.74, 6) is 5.04. The molecule has 1 atom stereocenters. The summed E-state index contributed by atoms with van der Waals surface area (Å²) in [4.78, 5) is 7.13. The second-order valence-corrected chi connectivity index (χ2v) is 3.17. The minimum atomic E-state index is 0.583. The zero-order valence-electron chi connectivity index (χ0n) is 7.25. The highest BCUT2D eigenvalue weighted by Gasteiger charge is 2.22. The highest BCUT2D eigenvalue weighted by Crippen LogP contribution is 2.16. The Morgan fingerprint density at radius 2 is 2.45 bits per heavy atom. The van der Waals surface area contributed by atoms with E-state index in [-0.39, 0.29) is 0 Å². The third-order valence-electron chi connectivity index (χ3n) is 2.30. The van der Waals surface area contributed by atoms with Crippen molar-refractivity contribution in [3.8, 4) is 0 Å². The second-order valence-electron chi connectivity index (χ2n) is 3.17. The van der Waals surface area contributed by atoms with E-state index in [4.69, 9.17) is 5.90 Å². The maximum Gasteiger partial charge on any atom is 0.0834 e. The minimum absolute atomic E-state index is 0.583. The van der Waals surface area contributed by atoms with Crippen LogP contribution in [0, 0.1) is 0 Å². The molecule has 1 rings (SSSR count). The summed E-state index contributed by atoms with van der Waals surface area (Å²) >= 11 is 0. The largest absolute Gasteiger partial charge is 0.303 e. The lowest BCUT2D eigenvalue weighted by Crippen LogP contribution is -2.34. The summed E-state index contributed by atoms with van der Waals surface area (Å²) in [7, 11) is 0. The third kappa shape index (κ3) is 2.43. The Hall–Kier alpha value is -0.120. The van der Waals surface area contributed by atoms with Crippen LogP contribution in [0.3, 0.4) is 0 Å². The molecule has 2 N–H and O–H groups in total. The van der Waals surface area contributed by atoms with Crippen LogP contribution in [0.4, 0.5) is 0 Å². The van der Waals surface area contributed by atoms with Crippen molar-refractivity contribution in [2.24, 2.45) is 5.90 Å². The van der Waals surface area contributed by atoms with Gasteiger partial charge in [-0.1, -0.05) is 6.92 Å². The van der Waals surface area contributed by atoms with Gasteiger partial charge in [-0.25, -0.2) is 5.90 Å². The predicted octanol–water partition coefficient (Wildman–Crippen LogP) is 0.751. The monoisotopic (exact) mass is 158 g/mol. The SMILES string of the molecule is CCCN1CCCC1CON. The topological polar surface area (TPSA) is 38.5 Å². The lowest BCUT2D eigenvalue weighted by Gasteiger charge is -2.22. The standard InChI is InChI=1S/C8H18N2O/c1-2-5-10-6-3-4-8(10)7-11-9/h8H,2-7,9H2,1H3. The first kappa shape index (κ1) is 8.97. The first-order chi connectivity index (χ1) is 5.38. The Morgan fingerprint density at radius 3 is 3.09 bits per heavy atom. The van der Waals surface area contributed by atoms with E-state index >= 15 is 0 Å². The lowest BCUT2D eigenvalue weighted by atomic mass is 10.2. The summed E-state index contributed by atoms with van der Waals surface area (Å²) in [6.07, 6.45) is 3.77. The van der Waals surface area contributed by atoms with Crippen molar-refractivity contribution in [1.29, 1.82) is 0 Å². The highest BCUT2D eigenvalue weighted by molar-refractivity contribution is 4.77. The van der Waals surface area contributed by atoms with Gasteiger partial charge in [-0.05, 0) is 32.4 Å². The van der Waals surface area contributed by atoms with Crippen LogP contribution in [-0.4, -0.2) is 30.6 Å². The number of hydrogen-bond donors (Lipinski definition) is 1. The lowest BCUT2D eigenvalue weighted by molar-refractivity contribution is 0.0779. The van der Waals surface area contributed by atoms with Crippen molar-refractivity contribution < 1.29 is 4.84 Å². The fourth-order valence-electron chi connectivity index (χ4n) is 1.78. The van der Waals surface area contributed by atoms with Crippen molar-refractivity contribution in [3.63, 3.8) is 0 Å². The molecule has 66 valence electrons. The molecule has 0 aliphatic carbocycles. The summed E-state index contributed by atoms with van der Waals surface area (Å²) in [6, 6.07) is 0.583. The van der Waals surface area contributed by atoms with Crippen LogP contribution in [0.1, 0.15) is 26.2 Å². The van der Waals surface area contributed by atoms with Gasteiger partial charge in [-0.3, -0.25) is 4.90 Å². The first-order valence-electron chi connectivity index (χ1n) is 4.44. The van der Waals surface area contributed by atoms with Gasteiger partial charge in [-0.2, -0.15) is 0 Å². The zero-order chi connectivity index (χ0) is 8.10. The van der Waals surface area contributed by atoms with Crippen LogP contribution >= 0.6 is 0 Å². The molecule has 0 spiro atoms. The molecule has 0 amide bonds. The third-order valence-corrected chi connectivity index (χ3v) is 2.30. The van der Waals surface area contributed by atoms with Crippen molar-refractivity contribution in [3.05, 3.63) is 0 Å². The Balaban J connectivity index is 2.25. The van der Waals surface area contributed by atoms with Crippen LogP contribution in [0.2, 0.25) is 0 Å². The fourth-order valence-corrected chi connectivity index (χ4v) is 1.78. The Morgan fingerprint density at radius 1 is 1.64 bits per heavy atom. The summed E-state index contributed by atoms with van der Waals surface area (Å²) in [5, 5.41) is 0.